The van der Waals surface area contributed by atoms with Crippen LogP contribution < -0.4 is 0 Å². The van der Waals surface area contributed by atoms with Gasteiger partial charge < -0.3 is 14.0 Å². The topological polar surface area (TPSA) is 53.3 Å². The van der Waals surface area contributed by atoms with Crippen LogP contribution in [-0.4, -0.2) is 37.3 Å². The Bertz CT molecular complexity index is 674. The van der Waals surface area contributed by atoms with E-state index in [4.69, 9.17) is 9.47 Å². The standard InChI is InChI=1S/C16H24N2O3Si/c1-12-8-14-13(10-17-12)9-15(16(19)20-2)18(14)11-21-6-7-22(3,4)5/h8-10H,6-7,11H2,1-5H3. The number of aromatic nitrogens is 2. The van der Waals surface area contributed by atoms with Gasteiger partial charge in [-0.25, -0.2) is 4.79 Å². The highest BCUT2D eigenvalue weighted by molar-refractivity contribution is 6.76. The summed E-state index contributed by atoms with van der Waals surface area (Å²) >= 11 is 0. The number of aryl methyl sites for hydroxylation is 1. The second-order valence-corrected chi connectivity index (χ2v) is 12.3. The van der Waals surface area contributed by atoms with E-state index in [1.54, 1.807) is 12.3 Å². The number of carbonyl (C=O) groups excluding carboxylic acids is 1. The van der Waals surface area contributed by atoms with Gasteiger partial charge in [-0.3, -0.25) is 4.98 Å². The van der Waals surface area contributed by atoms with Gasteiger partial charge in [0.15, 0.2) is 0 Å². The van der Waals surface area contributed by atoms with Crippen LogP contribution in [0.5, 0.6) is 0 Å². The average molecular weight is 320 g/mol. The molecule has 0 saturated carbocycles. The Morgan fingerprint density at radius 2 is 2.05 bits per heavy atom. The molecule has 0 unspecified atom stereocenters. The lowest BCUT2D eigenvalue weighted by atomic mass is 10.3. The number of esters is 1. The minimum Gasteiger partial charge on any atom is -0.464 e. The molecule has 120 valence electrons. The summed E-state index contributed by atoms with van der Waals surface area (Å²) in [5.74, 6) is -0.359. The number of hydrogen-bond donors (Lipinski definition) is 0. The maximum absolute atomic E-state index is 12.0. The summed E-state index contributed by atoms with van der Waals surface area (Å²) in [7, 11) is 0.269. The monoisotopic (exact) mass is 320 g/mol. The SMILES string of the molecule is COC(=O)c1cc2cnc(C)cc2n1COCC[Si](C)(C)C. The van der Waals surface area contributed by atoms with Crippen molar-refractivity contribution in [3.63, 3.8) is 0 Å². The highest BCUT2D eigenvalue weighted by Crippen LogP contribution is 2.21. The fourth-order valence-corrected chi connectivity index (χ4v) is 2.96. The fourth-order valence-electron chi connectivity index (χ4n) is 2.20. The predicted octanol–water partition coefficient (Wildman–Crippen LogP) is 3.44. The lowest BCUT2D eigenvalue weighted by molar-refractivity contribution is 0.0546. The molecule has 2 aromatic rings. The second-order valence-electron chi connectivity index (χ2n) is 6.68. The van der Waals surface area contributed by atoms with Crippen LogP contribution in [0, 0.1) is 6.92 Å². The zero-order chi connectivity index (χ0) is 16.3. The van der Waals surface area contributed by atoms with Crippen molar-refractivity contribution in [1.29, 1.82) is 0 Å². The van der Waals surface area contributed by atoms with Crippen molar-refractivity contribution < 1.29 is 14.3 Å². The Hall–Kier alpha value is -1.66. The number of ether oxygens (including phenoxy) is 2. The molecule has 0 aliphatic heterocycles. The highest BCUT2D eigenvalue weighted by Gasteiger charge is 2.17. The molecule has 2 rings (SSSR count). The molecule has 6 heteroatoms. The Morgan fingerprint density at radius 3 is 2.68 bits per heavy atom. The molecule has 0 radical (unpaired) electrons. The fraction of sp³-hybridized carbons (Fsp3) is 0.500. The molecule has 2 aromatic heterocycles. The first-order chi connectivity index (χ1) is 10.3. The van der Waals surface area contributed by atoms with Crippen molar-refractivity contribution in [2.45, 2.75) is 39.3 Å². The normalized spacial score (nSPS) is 11.9. The number of fused-ring (bicyclic) bond motifs is 1. The van der Waals surface area contributed by atoms with Crippen LogP contribution in [-0.2, 0) is 16.2 Å². The number of methoxy groups -OCH3 is 1. The van der Waals surface area contributed by atoms with E-state index in [9.17, 15) is 4.79 Å². The summed E-state index contributed by atoms with van der Waals surface area (Å²) in [6.07, 6.45) is 1.77. The van der Waals surface area contributed by atoms with Gasteiger partial charge in [0.2, 0.25) is 0 Å². The van der Waals surface area contributed by atoms with Gasteiger partial charge in [0.05, 0.1) is 12.6 Å². The van der Waals surface area contributed by atoms with Crippen molar-refractivity contribution in [1.82, 2.24) is 9.55 Å². The molecule has 0 bridgehead atoms. The largest absolute Gasteiger partial charge is 0.464 e. The van der Waals surface area contributed by atoms with Gasteiger partial charge in [0, 0.05) is 32.0 Å². The third kappa shape index (κ3) is 3.95. The minimum atomic E-state index is -1.12. The van der Waals surface area contributed by atoms with Crippen LogP contribution in [0.2, 0.25) is 25.7 Å². The summed E-state index contributed by atoms with van der Waals surface area (Å²) in [5.41, 5.74) is 2.35. The zero-order valence-electron chi connectivity index (χ0n) is 14.0. The van der Waals surface area contributed by atoms with Gasteiger partial charge >= 0.3 is 5.97 Å². The molecule has 0 aromatic carbocycles. The minimum absolute atomic E-state index is 0.349. The number of pyridine rings is 1. The second kappa shape index (κ2) is 6.62. The van der Waals surface area contributed by atoms with Gasteiger partial charge in [-0.2, -0.15) is 0 Å². The van der Waals surface area contributed by atoms with Crippen molar-refractivity contribution in [2.75, 3.05) is 13.7 Å². The van der Waals surface area contributed by atoms with Crippen LogP contribution in [0.25, 0.3) is 10.9 Å². The van der Waals surface area contributed by atoms with Crippen LogP contribution in [0.1, 0.15) is 16.2 Å². The van der Waals surface area contributed by atoms with Gasteiger partial charge in [-0.05, 0) is 25.1 Å². The molecule has 5 nitrogen and oxygen atoms in total. The first-order valence-electron chi connectivity index (χ1n) is 7.44. The van der Waals surface area contributed by atoms with E-state index in [0.29, 0.717) is 19.0 Å². The van der Waals surface area contributed by atoms with Crippen LogP contribution in [0.15, 0.2) is 18.3 Å². The Balaban J connectivity index is 2.25. The maximum Gasteiger partial charge on any atom is 0.354 e. The number of rotatable bonds is 6. The summed E-state index contributed by atoms with van der Waals surface area (Å²) in [6, 6.07) is 4.86. The summed E-state index contributed by atoms with van der Waals surface area (Å²) < 4.78 is 12.5. The summed E-state index contributed by atoms with van der Waals surface area (Å²) in [6.45, 7) is 9.94. The molecule has 0 amide bonds. The molecule has 0 aliphatic carbocycles. The smallest absolute Gasteiger partial charge is 0.354 e. The van der Waals surface area contributed by atoms with Gasteiger partial charge in [0.1, 0.15) is 12.4 Å². The van der Waals surface area contributed by atoms with Crippen LogP contribution >= 0.6 is 0 Å². The molecule has 0 atom stereocenters. The molecular formula is C16H24N2O3Si. The molecular weight excluding hydrogens is 296 g/mol. The molecule has 0 spiro atoms. The molecule has 0 aliphatic rings. The molecule has 0 fully saturated rings. The van der Waals surface area contributed by atoms with E-state index < -0.39 is 8.07 Å². The summed E-state index contributed by atoms with van der Waals surface area (Å²) in [4.78, 5) is 16.2. The van der Waals surface area contributed by atoms with Gasteiger partial charge in [0.25, 0.3) is 0 Å². The van der Waals surface area contributed by atoms with Crippen molar-refractivity contribution in [3.05, 3.63) is 29.7 Å². The quantitative estimate of drug-likeness (QED) is 0.465. The molecule has 2 heterocycles. The van der Waals surface area contributed by atoms with E-state index >= 15 is 0 Å². The zero-order valence-corrected chi connectivity index (χ0v) is 15.0. The number of hydrogen-bond acceptors (Lipinski definition) is 4. The molecule has 0 saturated heterocycles. The number of nitrogens with zero attached hydrogens (tertiary/aromatic N) is 2. The van der Waals surface area contributed by atoms with E-state index in [2.05, 4.69) is 24.6 Å². The van der Waals surface area contributed by atoms with Gasteiger partial charge in [-0.15, -0.1) is 0 Å². The third-order valence-electron chi connectivity index (χ3n) is 3.53. The average Bonchev–Trinajstić information content (AvgIpc) is 2.79. The lowest BCUT2D eigenvalue weighted by Gasteiger charge is -2.16. The first kappa shape index (κ1) is 16.7. The Morgan fingerprint density at radius 1 is 1.32 bits per heavy atom. The molecule has 0 N–H and O–H groups in total. The van der Waals surface area contributed by atoms with Crippen LogP contribution in [0.3, 0.4) is 0 Å². The highest BCUT2D eigenvalue weighted by atomic mass is 28.3. The Kier molecular flexibility index (Phi) is 5.03. The van der Waals surface area contributed by atoms with Crippen LogP contribution in [0.4, 0.5) is 0 Å². The van der Waals surface area contributed by atoms with Crippen molar-refractivity contribution in [3.8, 4) is 0 Å². The van der Waals surface area contributed by atoms with E-state index in [0.717, 1.165) is 22.6 Å². The van der Waals surface area contributed by atoms with E-state index in [1.807, 2.05) is 17.6 Å². The third-order valence-corrected chi connectivity index (χ3v) is 5.24. The van der Waals surface area contributed by atoms with Gasteiger partial charge in [-0.1, -0.05) is 19.6 Å². The number of carbonyl (C=O) groups is 1. The van der Waals surface area contributed by atoms with Crippen molar-refractivity contribution >= 4 is 24.9 Å². The van der Waals surface area contributed by atoms with E-state index in [1.165, 1.54) is 7.11 Å². The van der Waals surface area contributed by atoms with Crippen molar-refractivity contribution in [2.24, 2.45) is 0 Å². The Labute approximate surface area is 132 Å². The molecule has 22 heavy (non-hydrogen) atoms. The maximum atomic E-state index is 12.0. The first-order valence-corrected chi connectivity index (χ1v) is 11.1. The van der Waals surface area contributed by atoms with E-state index in [-0.39, 0.29) is 5.97 Å². The lowest BCUT2D eigenvalue weighted by Crippen LogP contribution is -2.22. The summed E-state index contributed by atoms with van der Waals surface area (Å²) in [5, 5.41) is 0.916. The predicted molar refractivity (Wildman–Crippen MR) is 89.9 cm³/mol.